The Labute approximate surface area is 115 Å². The van der Waals surface area contributed by atoms with E-state index >= 15 is 0 Å². The number of nitrogens with zero attached hydrogens (tertiary/aromatic N) is 1. The first-order valence-corrected chi connectivity index (χ1v) is 6.99. The van der Waals surface area contributed by atoms with E-state index < -0.39 is 0 Å². The highest BCUT2D eigenvalue weighted by molar-refractivity contribution is 9.10. The lowest BCUT2D eigenvalue weighted by molar-refractivity contribution is 0.0682. The van der Waals surface area contributed by atoms with Crippen LogP contribution >= 0.6 is 27.5 Å². The number of piperidine rings is 1. The predicted octanol–water partition coefficient (Wildman–Crippen LogP) is 3.97. The monoisotopic (exact) mass is 315 g/mol. The van der Waals surface area contributed by atoms with Crippen molar-refractivity contribution in [3.63, 3.8) is 0 Å². The Morgan fingerprint density at radius 3 is 2.94 bits per heavy atom. The van der Waals surface area contributed by atoms with E-state index in [0.29, 0.717) is 16.5 Å². The van der Waals surface area contributed by atoms with Crippen molar-refractivity contribution < 1.29 is 4.79 Å². The van der Waals surface area contributed by atoms with Gasteiger partial charge in [0.1, 0.15) is 0 Å². The summed E-state index contributed by atoms with van der Waals surface area (Å²) in [6.45, 7) is 3.91. The van der Waals surface area contributed by atoms with Crippen LogP contribution in [0.1, 0.15) is 30.1 Å². The molecule has 1 saturated heterocycles. The quantitative estimate of drug-likeness (QED) is 0.767. The summed E-state index contributed by atoms with van der Waals surface area (Å²) in [6.07, 6.45) is 2.31. The highest BCUT2D eigenvalue weighted by Gasteiger charge is 2.23. The van der Waals surface area contributed by atoms with Crippen molar-refractivity contribution in [2.45, 2.75) is 19.8 Å². The van der Waals surface area contributed by atoms with Crippen molar-refractivity contribution in [2.75, 3.05) is 13.1 Å². The van der Waals surface area contributed by atoms with Gasteiger partial charge in [-0.2, -0.15) is 0 Å². The Kier molecular flexibility index (Phi) is 4.10. The van der Waals surface area contributed by atoms with Gasteiger partial charge in [-0.15, -0.1) is 0 Å². The minimum absolute atomic E-state index is 0.0973. The first kappa shape index (κ1) is 12.9. The average molecular weight is 317 g/mol. The van der Waals surface area contributed by atoms with Gasteiger partial charge in [0.05, 0.1) is 5.56 Å². The number of hydrogen-bond acceptors (Lipinski definition) is 1. The zero-order chi connectivity index (χ0) is 12.4. The molecular weight excluding hydrogens is 302 g/mol. The molecular formula is C13H15BrClNO. The van der Waals surface area contributed by atoms with Crippen molar-refractivity contribution in [2.24, 2.45) is 5.92 Å². The summed E-state index contributed by atoms with van der Waals surface area (Å²) in [5, 5.41) is 0.639. The molecule has 1 aliphatic rings. The maximum atomic E-state index is 12.3. The second-order valence-corrected chi connectivity index (χ2v) is 5.91. The standard InChI is InChI=1S/C13H15BrClNO/c1-9-3-2-6-16(8-9)13(17)11-5-4-10(15)7-12(11)14/h4-5,7,9H,2-3,6,8H2,1H3. The Balaban J connectivity index is 2.18. The minimum atomic E-state index is 0.0973. The van der Waals surface area contributed by atoms with E-state index in [4.69, 9.17) is 11.6 Å². The van der Waals surface area contributed by atoms with Crippen molar-refractivity contribution in [1.82, 2.24) is 4.90 Å². The molecule has 1 aliphatic heterocycles. The van der Waals surface area contributed by atoms with E-state index in [2.05, 4.69) is 22.9 Å². The van der Waals surface area contributed by atoms with Crippen LogP contribution in [-0.2, 0) is 0 Å². The van der Waals surface area contributed by atoms with Gasteiger partial charge in [0.15, 0.2) is 0 Å². The molecule has 0 aliphatic carbocycles. The number of carbonyl (C=O) groups excluding carboxylic acids is 1. The van der Waals surface area contributed by atoms with Gasteiger partial charge < -0.3 is 4.90 Å². The third-order valence-corrected chi connectivity index (χ3v) is 4.00. The second-order valence-electron chi connectivity index (χ2n) is 4.62. The highest BCUT2D eigenvalue weighted by atomic mass is 79.9. The number of halogens is 2. The summed E-state index contributed by atoms with van der Waals surface area (Å²) in [6, 6.07) is 5.31. The molecule has 4 heteroatoms. The normalized spacial score (nSPS) is 20.4. The lowest BCUT2D eigenvalue weighted by Gasteiger charge is -2.31. The topological polar surface area (TPSA) is 20.3 Å². The van der Waals surface area contributed by atoms with Gasteiger partial charge in [-0.05, 0) is 52.9 Å². The van der Waals surface area contributed by atoms with E-state index in [9.17, 15) is 4.79 Å². The van der Waals surface area contributed by atoms with Gasteiger partial charge in [-0.3, -0.25) is 4.79 Å². The van der Waals surface area contributed by atoms with Crippen molar-refractivity contribution in [3.8, 4) is 0 Å². The van der Waals surface area contributed by atoms with Crippen LogP contribution in [0.4, 0.5) is 0 Å². The lowest BCUT2D eigenvalue weighted by Crippen LogP contribution is -2.39. The lowest BCUT2D eigenvalue weighted by atomic mass is 9.99. The zero-order valence-corrected chi connectivity index (χ0v) is 12.1. The fourth-order valence-electron chi connectivity index (χ4n) is 2.21. The maximum Gasteiger partial charge on any atom is 0.255 e. The second kappa shape index (κ2) is 5.40. The maximum absolute atomic E-state index is 12.3. The van der Waals surface area contributed by atoms with Crippen LogP contribution in [0.3, 0.4) is 0 Å². The molecule has 2 rings (SSSR count). The Hall–Kier alpha value is -0.540. The summed E-state index contributed by atoms with van der Waals surface area (Å²) < 4.78 is 0.772. The fourth-order valence-corrected chi connectivity index (χ4v) is 3.06. The van der Waals surface area contributed by atoms with E-state index in [1.165, 1.54) is 6.42 Å². The van der Waals surface area contributed by atoms with Gasteiger partial charge in [0, 0.05) is 22.6 Å². The first-order chi connectivity index (χ1) is 8.08. The molecule has 1 aromatic carbocycles. The Morgan fingerprint density at radius 1 is 1.53 bits per heavy atom. The predicted molar refractivity (Wildman–Crippen MR) is 73.5 cm³/mol. The van der Waals surface area contributed by atoms with Crippen molar-refractivity contribution in [3.05, 3.63) is 33.3 Å². The van der Waals surface area contributed by atoms with E-state index in [0.717, 1.165) is 24.0 Å². The third-order valence-electron chi connectivity index (χ3n) is 3.11. The fraction of sp³-hybridized carbons (Fsp3) is 0.462. The number of benzene rings is 1. The number of carbonyl (C=O) groups is 1. The van der Waals surface area contributed by atoms with Crippen LogP contribution in [0.5, 0.6) is 0 Å². The molecule has 2 nitrogen and oxygen atoms in total. The zero-order valence-electron chi connectivity index (χ0n) is 9.75. The van der Waals surface area contributed by atoms with Crippen LogP contribution in [0, 0.1) is 5.92 Å². The molecule has 1 atom stereocenters. The van der Waals surface area contributed by atoms with Gasteiger partial charge in [-0.1, -0.05) is 18.5 Å². The smallest absolute Gasteiger partial charge is 0.255 e. The van der Waals surface area contributed by atoms with Crippen LogP contribution in [0.15, 0.2) is 22.7 Å². The highest BCUT2D eigenvalue weighted by Crippen LogP contribution is 2.25. The summed E-state index contributed by atoms with van der Waals surface area (Å²) in [5.41, 5.74) is 0.698. The molecule has 0 spiro atoms. The molecule has 1 heterocycles. The number of amides is 1. The van der Waals surface area contributed by atoms with Gasteiger partial charge in [0.2, 0.25) is 0 Å². The molecule has 92 valence electrons. The molecule has 0 N–H and O–H groups in total. The number of likely N-dealkylation sites (tertiary alicyclic amines) is 1. The van der Waals surface area contributed by atoms with Crippen LogP contribution in [0.2, 0.25) is 5.02 Å². The molecule has 1 aromatic rings. The summed E-state index contributed by atoms with van der Waals surface area (Å²) in [7, 11) is 0. The van der Waals surface area contributed by atoms with E-state index in [1.807, 2.05) is 4.90 Å². The third kappa shape index (κ3) is 3.02. The average Bonchev–Trinajstić information content (AvgIpc) is 2.28. The first-order valence-electron chi connectivity index (χ1n) is 5.82. The molecule has 1 unspecified atom stereocenters. The molecule has 0 radical (unpaired) electrons. The largest absolute Gasteiger partial charge is 0.338 e. The Morgan fingerprint density at radius 2 is 2.29 bits per heavy atom. The summed E-state index contributed by atoms with van der Waals surface area (Å²) in [5.74, 6) is 0.693. The van der Waals surface area contributed by atoms with E-state index in [-0.39, 0.29) is 5.91 Å². The minimum Gasteiger partial charge on any atom is -0.338 e. The van der Waals surface area contributed by atoms with Crippen LogP contribution in [0.25, 0.3) is 0 Å². The number of rotatable bonds is 1. The van der Waals surface area contributed by atoms with Crippen molar-refractivity contribution >= 4 is 33.4 Å². The van der Waals surface area contributed by atoms with Crippen LogP contribution in [-0.4, -0.2) is 23.9 Å². The van der Waals surface area contributed by atoms with Gasteiger partial charge in [-0.25, -0.2) is 0 Å². The molecule has 0 bridgehead atoms. The molecule has 0 aromatic heterocycles. The molecule has 1 amide bonds. The van der Waals surface area contributed by atoms with E-state index in [1.54, 1.807) is 18.2 Å². The SMILES string of the molecule is CC1CCCN(C(=O)c2ccc(Cl)cc2Br)C1. The van der Waals surface area contributed by atoms with Crippen LogP contribution < -0.4 is 0 Å². The van der Waals surface area contributed by atoms with Crippen molar-refractivity contribution in [1.29, 1.82) is 0 Å². The molecule has 1 fully saturated rings. The summed E-state index contributed by atoms with van der Waals surface area (Å²) >= 11 is 9.27. The van der Waals surface area contributed by atoms with Gasteiger partial charge in [0.25, 0.3) is 5.91 Å². The number of hydrogen-bond donors (Lipinski definition) is 0. The van der Waals surface area contributed by atoms with Gasteiger partial charge >= 0.3 is 0 Å². The Bertz CT molecular complexity index is 435. The molecule has 17 heavy (non-hydrogen) atoms. The summed E-state index contributed by atoms with van der Waals surface area (Å²) in [4.78, 5) is 14.3. The molecule has 0 saturated carbocycles.